The summed E-state index contributed by atoms with van der Waals surface area (Å²) in [4.78, 5) is 26.1. The van der Waals surface area contributed by atoms with Gasteiger partial charge in [-0.2, -0.15) is 0 Å². The lowest BCUT2D eigenvalue weighted by atomic mass is 10.0. The van der Waals surface area contributed by atoms with Crippen LogP contribution < -0.4 is 5.32 Å². The molecule has 0 aromatic heterocycles. The van der Waals surface area contributed by atoms with E-state index in [0.717, 1.165) is 18.7 Å². The van der Waals surface area contributed by atoms with Crippen molar-refractivity contribution in [2.75, 3.05) is 19.8 Å². The molecule has 154 valence electrons. The number of carbonyl (C=O) groups is 2. The van der Waals surface area contributed by atoms with E-state index < -0.39 is 12.1 Å². The zero-order valence-corrected chi connectivity index (χ0v) is 17.0. The van der Waals surface area contributed by atoms with Gasteiger partial charge in [-0.25, -0.2) is 4.79 Å². The van der Waals surface area contributed by atoms with Crippen molar-refractivity contribution in [1.29, 1.82) is 0 Å². The van der Waals surface area contributed by atoms with Crippen LogP contribution in [0.4, 0.5) is 0 Å². The molecule has 0 bridgehead atoms. The summed E-state index contributed by atoms with van der Waals surface area (Å²) in [6.45, 7) is 9.86. The van der Waals surface area contributed by atoms with Gasteiger partial charge >= 0.3 is 5.97 Å². The maximum Gasteiger partial charge on any atom is 0.335 e. The summed E-state index contributed by atoms with van der Waals surface area (Å²) in [5, 5.41) is 2.76. The van der Waals surface area contributed by atoms with Gasteiger partial charge in [-0.15, -0.1) is 6.58 Å². The second-order valence-corrected chi connectivity index (χ2v) is 7.28. The molecule has 6 heteroatoms. The third-order valence-corrected chi connectivity index (χ3v) is 4.98. The zero-order valence-electron chi connectivity index (χ0n) is 17.0. The standard InChI is InChI=1S/C22H32N2O4/c1-4-13-27-18(3)22(26)28-16-21(25)23-14-19-8-10-20(11-9-19)15-24-12-6-5-7-17(24)2/h4,8-11,17-18H,1,5-7,12-16H2,2-3H3,(H,23,25). The molecule has 1 saturated heterocycles. The summed E-state index contributed by atoms with van der Waals surface area (Å²) in [6, 6.07) is 8.92. The molecule has 1 aliphatic heterocycles. The van der Waals surface area contributed by atoms with Crippen LogP contribution in [0.5, 0.6) is 0 Å². The first-order valence-corrected chi connectivity index (χ1v) is 9.97. The number of piperidine rings is 1. The highest BCUT2D eigenvalue weighted by molar-refractivity contribution is 5.81. The van der Waals surface area contributed by atoms with Crippen molar-refractivity contribution >= 4 is 11.9 Å². The third-order valence-electron chi connectivity index (χ3n) is 4.98. The first kappa shape index (κ1) is 22.1. The van der Waals surface area contributed by atoms with Crippen LogP contribution in [0, 0.1) is 0 Å². The summed E-state index contributed by atoms with van der Waals surface area (Å²) in [6.07, 6.45) is 4.70. The van der Waals surface area contributed by atoms with Crippen molar-refractivity contribution < 1.29 is 19.1 Å². The highest BCUT2D eigenvalue weighted by Gasteiger charge is 2.18. The number of nitrogens with one attached hydrogen (secondary N) is 1. The second-order valence-electron chi connectivity index (χ2n) is 7.28. The van der Waals surface area contributed by atoms with Crippen molar-refractivity contribution in [2.45, 2.75) is 58.3 Å². The molecule has 1 aromatic carbocycles. The van der Waals surface area contributed by atoms with Crippen LogP contribution in [0.1, 0.15) is 44.2 Å². The summed E-state index contributed by atoms with van der Waals surface area (Å²) >= 11 is 0. The minimum Gasteiger partial charge on any atom is -0.454 e. The largest absolute Gasteiger partial charge is 0.454 e. The van der Waals surface area contributed by atoms with E-state index in [1.807, 2.05) is 12.1 Å². The quantitative estimate of drug-likeness (QED) is 0.493. The van der Waals surface area contributed by atoms with Crippen molar-refractivity contribution in [2.24, 2.45) is 0 Å². The minimum absolute atomic E-state index is 0.259. The van der Waals surface area contributed by atoms with Crippen molar-refractivity contribution in [3.05, 3.63) is 48.0 Å². The van der Waals surface area contributed by atoms with E-state index in [0.29, 0.717) is 12.6 Å². The number of rotatable bonds is 10. The number of carbonyl (C=O) groups excluding carboxylic acids is 2. The molecule has 2 unspecified atom stereocenters. The smallest absolute Gasteiger partial charge is 0.335 e. The molecule has 0 aliphatic carbocycles. The molecule has 0 radical (unpaired) electrons. The molecule has 2 atom stereocenters. The number of hydrogen-bond donors (Lipinski definition) is 1. The van der Waals surface area contributed by atoms with Gasteiger partial charge in [0.15, 0.2) is 12.7 Å². The predicted molar refractivity (Wildman–Crippen MR) is 109 cm³/mol. The Morgan fingerprint density at radius 3 is 2.68 bits per heavy atom. The monoisotopic (exact) mass is 388 g/mol. The van der Waals surface area contributed by atoms with Gasteiger partial charge in [-0.1, -0.05) is 36.8 Å². The van der Waals surface area contributed by atoms with Gasteiger partial charge in [0, 0.05) is 19.1 Å². The van der Waals surface area contributed by atoms with Crippen molar-refractivity contribution in [3.63, 3.8) is 0 Å². The number of ether oxygens (including phenoxy) is 2. The number of amides is 1. The first-order chi connectivity index (χ1) is 13.5. The van der Waals surface area contributed by atoms with E-state index in [2.05, 4.69) is 35.9 Å². The lowest BCUT2D eigenvalue weighted by molar-refractivity contribution is -0.158. The Kier molecular flexibility index (Phi) is 9.17. The number of likely N-dealkylation sites (tertiary alicyclic amines) is 1. The van der Waals surface area contributed by atoms with Crippen LogP contribution in [0.3, 0.4) is 0 Å². The number of hydrogen-bond acceptors (Lipinski definition) is 5. The Labute approximate surface area is 167 Å². The van der Waals surface area contributed by atoms with Crippen LogP contribution in [0.15, 0.2) is 36.9 Å². The van der Waals surface area contributed by atoms with E-state index in [-0.39, 0.29) is 19.1 Å². The second kappa shape index (κ2) is 11.6. The van der Waals surface area contributed by atoms with Crippen LogP contribution in [0.25, 0.3) is 0 Å². The fourth-order valence-corrected chi connectivity index (χ4v) is 3.18. The summed E-state index contributed by atoms with van der Waals surface area (Å²) in [5.41, 5.74) is 2.30. The van der Waals surface area contributed by atoms with Crippen LogP contribution in [-0.4, -0.2) is 48.7 Å². The topological polar surface area (TPSA) is 67.9 Å². The van der Waals surface area contributed by atoms with Gasteiger partial charge in [0.1, 0.15) is 0 Å². The Morgan fingerprint density at radius 2 is 2.00 bits per heavy atom. The third kappa shape index (κ3) is 7.44. The highest BCUT2D eigenvalue weighted by Crippen LogP contribution is 2.19. The van der Waals surface area contributed by atoms with E-state index in [1.54, 1.807) is 13.0 Å². The molecular weight excluding hydrogens is 356 g/mol. The Bertz CT molecular complexity index is 644. The highest BCUT2D eigenvalue weighted by atomic mass is 16.6. The normalized spacial score (nSPS) is 18.3. The fraction of sp³-hybridized carbons (Fsp3) is 0.545. The summed E-state index contributed by atoms with van der Waals surface area (Å²) in [5.74, 6) is -0.899. The fourth-order valence-electron chi connectivity index (χ4n) is 3.18. The molecule has 1 N–H and O–H groups in total. The average molecular weight is 389 g/mol. The van der Waals surface area contributed by atoms with Crippen LogP contribution in [0.2, 0.25) is 0 Å². The van der Waals surface area contributed by atoms with Gasteiger partial charge in [0.25, 0.3) is 5.91 Å². The molecule has 0 spiro atoms. The van der Waals surface area contributed by atoms with E-state index in [4.69, 9.17) is 9.47 Å². The average Bonchev–Trinajstić information content (AvgIpc) is 2.71. The molecule has 6 nitrogen and oxygen atoms in total. The number of nitrogens with zero attached hydrogens (tertiary/aromatic N) is 1. The summed E-state index contributed by atoms with van der Waals surface area (Å²) in [7, 11) is 0. The molecule has 1 aliphatic rings. The van der Waals surface area contributed by atoms with Crippen molar-refractivity contribution in [1.82, 2.24) is 10.2 Å². The van der Waals surface area contributed by atoms with Gasteiger partial charge < -0.3 is 14.8 Å². The molecule has 28 heavy (non-hydrogen) atoms. The van der Waals surface area contributed by atoms with Crippen LogP contribution in [-0.2, 0) is 32.2 Å². The SMILES string of the molecule is C=CCOC(C)C(=O)OCC(=O)NCc1ccc(CN2CCCCC2C)cc1. The predicted octanol–water partition coefficient (Wildman–Crippen LogP) is 2.81. The summed E-state index contributed by atoms with van der Waals surface area (Å²) < 4.78 is 10.1. The minimum atomic E-state index is -0.721. The Balaban J connectivity index is 1.70. The number of benzene rings is 1. The lowest BCUT2D eigenvalue weighted by Crippen LogP contribution is -2.36. The first-order valence-electron chi connectivity index (χ1n) is 9.97. The van der Waals surface area contributed by atoms with Gasteiger partial charge in [-0.3, -0.25) is 9.69 Å². The molecule has 0 saturated carbocycles. The Hall–Kier alpha value is -2.18. The zero-order chi connectivity index (χ0) is 20.4. The van der Waals surface area contributed by atoms with Gasteiger partial charge in [-0.05, 0) is 44.4 Å². The van der Waals surface area contributed by atoms with E-state index in [1.165, 1.54) is 24.8 Å². The lowest BCUT2D eigenvalue weighted by Gasteiger charge is -2.33. The molecule has 1 fully saturated rings. The maximum absolute atomic E-state index is 11.9. The molecular formula is C22H32N2O4. The van der Waals surface area contributed by atoms with Crippen LogP contribution >= 0.6 is 0 Å². The Morgan fingerprint density at radius 1 is 1.29 bits per heavy atom. The van der Waals surface area contributed by atoms with E-state index >= 15 is 0 Å². The van der Waals surface area contributed by atoms with Gasteiger partial charge in [0.05, 0.1) is 6.61 Å². The molecule has 1 heterocycles. The number of esters is 1. The molecule has 1 aromatic rings. The van der Waals surface area contributed by atoms with E-state index in [9.17, 15) is 9.59 Å². The van der Waals surface area contributed by atoms with Gasteiger partial charge in [0.2, 0.25) is 0 Å². The maximum atomic E-state index is 11.9. The molecule has 1 amide bonds. The van der Waals surface area contributed by atoms with Crippen molar-refractivity contribution in [3.8, 4) is 0 Å². The molecule has 2 rings (SSSR count).